The summed E-state index contributed by atoms with van der Waals surface area (Å²) < 4.78 is 6.48. The maximum Gasteiger partial charge on any atom is 0.266 e. The summed E-state index contributed by atoms with van der Waals surface area (Å²) in [6.45, 7) is 3.64. The fourth-order valence-electron chi connectivity index (χ4n) is 1.42. The Bertz CT molecular complexity index is 586. The van der Waals surface area contributed by atoms with Gasteiger partial charge in [0, 0.05) is 15.5 Å². The molecule has 4 nitrogen and oxygen atoms in total. The Morgan fingerprint density at radius 2 is 2.32 bits per heavy atom. The predicted octanol–water partition coefficient (Wildman–Crippen LogP) is 3.62. The van der Waals surface area contributed by atoms with Crippen LogP contribution in [0.15, 0.2) is 34.9 Å². The van der Waals surface area contributed by atoms with Gasteiger partial charge in [-0.3, -0.25) is 10.1 Å². The van der Waals surface area contributed by atoms with Gasteiger partial charge >= 0.3 is 0 Å². The van der Waals surface area contributed by atoms with Crippen molar-refractivity contribution in [3.63, 3.8) is 0 Å². The number of anilines is 1. The Labute approximate surface area is 124 Å². The summed E-state index contributed by atoms with van der Waals surface area (Å²) >= 11 is 4.79. The van der Waals surface area contributed by atoms with Crippen LogP contribution < -0.4 is 10.1 Å². The van der Waals surface area contributed by atoms with Crippen molar-refractivity contribution in [3.8, 4) is 5.75 Å². The van der Waals surface area contributed by atoms with Crippen molar-refractivity contribution in [2.45, 2.75) is 20.0 Å². The van der Waals surface area contributed by atoms with E-state index in [1.165, 1.54) is 11.3 Å². The van der Waals surface area contributed by atoms with E-state index in [0.717, 1.165) is 9.35 Å². The quantitative estimate of drug-likeness (QED) is 0.924. The van der Waals surface area contributed by atoms with Gasteiger partial charge in [-0.2, -0.15) is 0 Å². The monoisotopic (exact) mass is 340 g/mol. The number of ether oxygens (including phenoxy) is 1. The minimum Gasteiger partial charge on any atom is -0.481 e. The molecule has 2 rings (SSSR count). The highest BCUT2D eigenvalue weighted by atomic mass is 79.9. The molecule has 0 aliphatic carbocycles. The fraction of sp³-hybridized carbons (Fsp3) is 0.231. The molecule has 0 fully saturated rings. The van der Waals surface area contributed by atoms with Crippen molar-refractivity contribution < 1.29 is 9.53 Å². The van der Waals surface area contributed by atoms with Gasteiger partial charge in [0.1, 0.15) is 5.75 Å². The van der Waals surface area contributed by atoms with E-state index in [2.05, 4.69) is 26.2 Å². The van der Waals surface area contributed by atoms with Crippen LogP contribution in [-0.2, 0) is 4.79 Å². The van der Waals surface area contributed by atoms with Gasteiger partial charge in [0.05, 0.1) is 0 Å². The second-order valence-electron chi connectivity index (χ2n) is 3.98. The number of nitrogens with zero attached hydrogens (tertiary/aromatic N) is 1. The molecule has 0 bridgehead atoms. The largest absolute Gasteiger partial charge is 0.481 e. The predicted molar refractivity (Wildman–Crippen MR) is 79.7 cm³/mol. The average Bonchev–Trinajstić information content (AvgIpc) is 2.74. The third-order valence-corrected chi connectivity index (χ3v) is 3.65. The van der Waals surface area contributed by atoms with E-state index in [0.29, 0.717) is 10.9 Å². The van der Waals surface area contributed by atoms with Gasteiger partial charge < -0.3 is 4.74 Å². The van der Waals surface area contributed by atoms with Crippen LogP contribution in [0.3, 0.4) is 0 Å². The Kier molecular flexibility index (Phi) is 4.55. The highest BCUT2D eigenvalue weighted by molar-refractivity contribution is 9.10. The van der Waals surface area contributed by atoms with Crippen LogP contribution in [0.2, 0.25) is 0 Å². The number of carbonyl (C=O) groups is 1. The minimum absolute atomic E-state index is 0.214. The molecule has 1 amide bonds. The number of hydrogen-bond donors (Lipinski definition) is 1. The van der Waals surface area contributed by atoms with Crippen LogP contribution in [0, 0.1) is 6.92 Å². The van der Waals surface area contributed by atoms with Gasteiger partial charge in [0.25, 0.3) is 5.91 Å². The number of nitrogens with one attached hydrogen (secondary N) is 1. The normalized spacial score (nSPS) is 11.9. The molecule has 0 aliphatic rings. The number of hydrogen-bond acceptors (Lipinski definition) is 4. The van der Waals surface area contributed by atoms with Crippen LogP contribution in [0.25, 0.3) is 0 Å². The van der Waals surface area contributed by atoms with Crippen molar-refractivity contribution in [1.29, 1.82) is 0 Å². The van der Waals surface area contributed by atoms with E-state index in [9.17, 15) is 4.79 Å². The average molecular weight is 341 g/mol. The lowest BCUT2D eigenvalue weighted by molar-refractivity contribution is -0.122. The summed E-state index contributed by atoms with van der Waals surface area (Å²) in [5.74, 6) is 0.432. The van der Waals surface area contributed by atoms with E-state index in [1.54, 1.807) is 13.1 Å². The minimum atomic E-state index is -0.585. The topological polar surface area (TPSA) is 51.2 Å². The summed E-state index contributed by atoms with van der Waals surface area (Å²) in [6.07, 6.45) is 1.14. The van der Waals surface area contributed by atoms with Gasteiger partial charge in [-0.25, -0.2) is 4.98 Å². The SMILES string of the molecule is Cc1cnc(NC(=O)[C@@H](C)Oc2cccc(Br)c2)s1. The second kappa shape index (κ2) is 6.16. The lowest BCUT2D eigenvalue weighted by Gasteiger charge is -2.13. The zero-order valence-electron chi connectivity index (χ0n) is 10.5. The van der Waals surface area contributed by atoms with Gasteiger partial charge in [0.15, 0.2) is 11.2 Å². The number of benzene rings is 1. The van der Waals surface area contributed by atoms with Gasteiger partial charge in [0.2, 0.25) is 0 Å². The smallest absolute Gasteiger partial charge is 0.266 e. The first-order valence-electron chi connectivity index (χ1n) is 5.70. The number of aryl methyl sites for hydroxylation is 1. The van der Waals surface area contributed by atoms with Gasteiger partial charge in [-0.1, -0.05) is 22.0 Å². The number of aromatic nitrogens is 1. The Morgan fingerprint density at radius 3 is 2.95 bits per heavy atom. The molecule has 0 saturated carbocycles. The summed E-state index contributed by atoms with van der Waals surface area (Å²) in [4.78, 5) is 17.1. The summed E-state index contributed by atoms with van der Waals surface area (Å²) in [5, 5.41) is 3.32. The lowest BCUT2D eigenvalue weighted by Crippen LogP contribution is -2.30. The Hall–Kier alpha value is -1.40. The van der Waals surface area contributed by atoms with Crippen molar-refractivity contribution in [2.75, 3.05) is 5.32 Å². The van der Waals surface area contributed by atoms with Crippen LogP contribution in [-0.4, -0.2) is 17.0 Å². The van der Waals surface area contributed by atoms with Crippen molar-refractivity contribution in [1.82, 2.24) is 4.98 Å². The molecule has 1 aromatic carbocycles. The van der Waals surface area contributed by atoms with E-state index < -0.39 is 6.10 Å². The van der Waals surface area contributed by atoms with E-state index >= 15 is 0 Å². The first-order chi connectivity index (χ1) is 9.04. The molecule has 1 aromatic heterocycles. The zero-order valence-corrected chi connectivity index (χ0v) is 12.9. The lowest BCUT2D eigenvalue weighted by atomic mass is 10.3. The first kappa shape index (κ1) is 14.0. The number of rotatable bonds is 4. The van der Waals surface area contributed by atoms with Crippen LogP contribution in [0.1, 0.15) is 11.8 Å². The number of halogens is 1. The highest BCUT2D eigenvalue weighted by Gasteiger charge is 2.16. The number of amides is 1. The molecule has 19 heavy (non-hydrogen) atoms. The van der Waals surface area contributed by atoms with Gasteiger partial charge in [-0.15, -0.1) is 11.3 Å². The molecule has 100 valence electrons. The van der Waals surface area contributed by atoms with E-state index in [1.807, 2.05) is 31.2 Å². The molecule has 0 spiro atoms. The summed E-state index contributed by atoms with van der Waals surface area (Å²) in [5.41, 5.74) is 0. The standard InChI is InChI=1S/C13H13BrN2O2S/c1-8-7-15-13(19-8)16-12(17)9(2)18-11-5-3-4-10(14)6-11/h3-7,9H,1-2H3,(H,15,16,17)/t9-/m1/s1. The van der Waals surface area contributed by atoms with E-state index in [4.69, 9.17) is 4.74 Å². The molecular weight excluding hydrogens is 328 g/mol. The number of thiazole rings is 1. The molecular formula is C13H13BrN2O2S. The molecule has 2 aromatic rings. The molecule has 0 aliphatic heterocycles. The van der Waals surface area contributed by atoms with Crippen molar-refractivity contribution >= 4 is 38.3 Å². The maximum absolute atomic E-state index is 11.9. The second-order valence-corrected chi connectivity index (χ2v) is 6.13. The molecule has 0 saturated heterocycles. The summed E-state index contributed by atoms with van der Waals surface area (Å²) in [6, 6.07) is 7.38. The first-order valence-corrected chi connectivity index (χ1v) is 7.31. The molecule has 1 N–H and O–H groups in total. The molecule has 1 atom stereocenters. The fourth-order valence-corrected chi connectivity index (χ4v) is 2.46. The third kappa shape index (κ3) is 4.04. The van der Waals surface area contributed by atoms with E-state index in [-0.39, 0.29) is 5.91 Å². The van der Waals surface area contributed by atoms with Crippen molar-refractivity contribution in [3.05, 3.63) is 39.8 Å². The number of carbonyl (C=O) groups excluding carboxylic acids is 1. The highest BCUT2D eigenvalue weighted by Crippen LogP contribution is 2.20. The summed E-state index contributed by atoms with van der Waals surface area (Å²) in [7, 11) is 0. The van der Waals surface area contributed by atoms with Crippen molar-refractivity contribution in [2.24, 2.45) is 0 Å². The third-order valence-electron chi connectivity index (χ3n) is 2.33. The van der Waals surface area contributed by atoms with Crippen LogP contribution >= 0.6 is 27.3 Å². The zero-order chi connectivity index (χ0) is 13.8. The van der Waals surface area contributed by atoms with Gasteiger partial charge in [-0.05, 0) is 32.0 Å². The van der Waals surface area contributed by atoms with Crippen LogP contribution in [0.4, 0.5) is 5.13 Å². The molecule has 6 heteroatoms. The molecule has 0 unspecified atom stereocenters. The molecule has 0 radical (unpaired) electrons. The Morgan fingerprint density at radius 1 is 1.53 bits per heavy atom. The van der Waals surface area contributed by atoms with Crippen LogP contribution in [0.5, 0.6) is 5.75 Å². The molecule has 1 heterocycles. The maximum atomic E-state index is 11.9. The Balaban J connectivity index is 1.96.